The Morgan fingerprint density at radius 1 is 1.31 bits per heavy atom. The Morgan fingerprint density at radius 3 is 2.25 bits per heavy atom. The highest BCUT2D eigenvalue weighted by atomic mass is 32.2. The molecule has 0 aromatic carbocycles. The van der Waals surface area contributed by atoms with E-state index in [2.05, 4.69) is 4.72 Å². The molecule has 0 saturated heterocycles. The molecule has 0 aliphatic heterocycles. The maximum Gasteiger partial charge on any atom is 0.215 e. The van der Waals surface area contributed by atoms with Crippen LogP contribution < -0.4 is 10.5 Å². The molecule has 0 aromatic rings. The highest BCUT2D eigenvalue weighted by Gasteiger charge is 2.33. The fourth-order valence-electron chi connectivity index (χ4n) is 1.86. The fourth-order valence-corrected chi connectivity index (χ4v) is 3.92. The molecule has 0 atom stereocenters. The van der Waals surface area contributed by atoms with Gasteiger partial charge in [0.25, 0.3) is 0 Å². The van der Waals surface area contributed by atoms with E-state index in [9.17, 15) is 8.42 Å². The maximum absolute atomic E-state index is 12.1. The van der Waals surface area contributed by atoms with Crippen molar-refractivity contribution in [2.75, 3.05) is 0 Å². The lowest BCUT2D eigenvalue weighted by molar-refractivity contribution is 0.467. The number of rotatable bonds is 4. The van der Waals surface area contributed by atoms with Crippen LogP contribution in [-0.4, -0.2) is 24.2 Å². The Morgan fingerprint density at radius 2 is 1.81 bits per heavy atom. The van der Waals surface area contributed by atoms with Gasteiger partial charge in [0.2, 0.25) is 10.0 Å². The lowest BCUT2D eigenvalue weighted by atomic mass is 10.0. The van der Waals surface area contributed by atoms with Gasteiger partial charge in [-0.3, -0.25) is 0 Å². The lowest BCUT2D eigenvalue weighted by Gasteiger charge is -2.29. The largest absolute Gasteiger partial charge is 0.392 e. The molecule has 6 heteroatoms. The average molecular weight is 264 g/mol. The first-order valence-electron chi connectivity index (χ1n) is 5.58. The molecular formula is C10H20N2O2S2. The highest BCUT2D eigenvalue weighted by molar-refractivity contribution is 7.90. The van der Waals surface area contributed by atoms with Gasteiger partial charge in [0.15, 0.2) is 0 Å². The molecule has 1 aliphatic carbocycles. The molecule has 1 rings (SSSR count). The van der Waals surface area contributed by atoms with E-state index >= 15 is 0 Å². The van der Waals surface area contributed by atoms with E-state index < -0.39 is 15.6 Å². The van der Waals surface area contributed by atoms with Crippen molar-refractivity contribution in [1.82, 2.24) is 4.72 Å². The van der Waals surface area contributed by atoms with Gasteiger partial charge in [-0.05, 0) is 26.7 Å². The monoisotopic (exact) mass is 264 g/mol. The summed E-state index contributed by atoms with van der Waals surface area (Å²) in [6.45, 7) is 3.38. The number of nitrogens with one attached hydrogen (secondary N) is 1. The van der Waals surface area contributed by atoms with Gasteiger partial charge in [-0.25, -0.2) is 13.1 Å². The van der Waals surface area contributed by atoms with Crippen LogP contribution in [0.2, 0.25) is 0 Å². The van der Waals surface area contributed by atoms with Crippen LogP contribution in [0.25, 0.3) is 0 Å². The van der Waals surface area contributed by atoms with E-state index in [-0.39, 0.29) is 10.2 Å². The van der Waals surface area contributed by atoms with Gasteiger partial charge in [0.05, 0.1) is 15.8 Å². The van der Waals surface area contributed by atoms with E-state index in [1.54, 1.807) is 13.8 Å². The van der Waals surface area contributed by atoms with Crippen molar-refractivity contribution in [3.05, 3.63) is 0 Å². The summed E-state index contributed by atoms with van der Waals surface area (Å²) >= 11 is 4.85. The van der Waals surface area contributed by atoms with Crippen molar-refractivity contribution in [2.24, 2.45) is 5.73 Å². The summed E-state index contributed by atoms with van der Waals surface area (Å²) in [4.78, 5) is 0.173. The molecule has 4 nitrogen and oxygen atoms in total. The Hall–Kier alpha value is -0.200. The van der Waals surface area contributed by atoms with Gasteiger partial charge < -0.3 is 5.73 Å². The van der Waals surface area contributed by atoms with E-state index in [1.807, 2.05) is 0 Å². The third-order valence-corrected chi connectivity index (χ3v) is 5.66. The zero-order chi connectivity index (χ0) is 12.4. The molecule has 16 heavy (non-hydrogen) atoms. The van der Waals surface area contributed by atoms with Crippen molar-refractivity contribution in [2.45, 2.75) is 56.7 Å². The van der Waals surface area contributed by atoms with Crippen LogP contribution in [0, 0.1) is 0 Å². The maximum atomic E-state index is 12.1. The Kier molecular flexibility index (Phi) is 4.31. The summed E-state index contributed by atoms with van der Waals surface area (Å²) in [5, 5.41) is -0.283. The third-order valence-electron chi connectivity index (χ3n) is 3.00. The molecule has 94 valence electrons. The van der Waals surface area contributed by atoms with Gasteiger partial charge in [-0.2, -0.15) is 0 Å². The standard InChI is InChI=1S/C10H20N2O2S2/c1-10(2,9(11)15)12-16(13,14)8-6-4-3-5-7-8/h8,12H,3-7H2,1-2H3,(H2,11,15). The second-order valence-electron chi connectivity index (χ2n) is 4.90. The van der Waals surface area contributed by atoms with Crippen LogP contribution >= 0.6 is 12.2 Å². The van der Waals surface area contributed by atoms with Gasteiger partial charge in [0.1, 0.15) is 0 Å². The summed E-state index contributed by atoms with van der Waals surface area (Å²) in [7, 11) is -3.30. The van der Waals surface area contributed by atoms with Crippen LogP contribution in [0.4, 0.5) is 0 Å². The number of nitrogens with two attached hydrogens (primary N) is 1. The first-order valence-corrected chi connectivity index (χ1v) is 7.54. The zero-order valence-electron chi connectivity index (χ0n) is 9.82. The highest BCUT2D eigenvalue weighted by Crippen LogP contribution is 2.24. The van der Waals surface area contributed by atoms with Gasteiger partial charge in [-0.1, -0.05) is 31.5 Å². The van der Waals surface area contributed by atoms with Gasteiger partial charge in [-0.15, -0.1) is 0 Å². The topological polar surface area (TPSA) is 72.2 Å². The number of hydrogen-bond acceptors (Lipinski definition) is 3. The summed E-state index contributed by atoms with van der Waals surface area (Å²) < 4.78 is 26.8. The number of hydrogen-bond donors (Lipinski definition) is 2. The predicted molar refractivity (Wildman–Crippen MR) is 69.8 cm³/mol. The molecule has 1 aliphatic rings. The average Bonchev–Trinajstić information content (AvgIpc) is 2.17. The van der Waals surface area contributed by atoms with Crippen LogP contribution in [0.3, 0.4) is 0 Å². The Balaban J connectivity index is 2.74. The first kappa shape index (κ1) is 13.9. The zero-order valence-corrected chi connectivity index (χ0v) is 11.5. The summed E-state index contributed by atoms with van der Waals surface area (Å²) in [5.41, 5.74) is 4.67. The van der Waals surface area contributed by atoms with E-state index in [0.717, 1.165) is 32.1 Å². The summed E-state index contributed by atoms with van der Waals surface area (Å²) in [5.74, 6) is 0. The fraction of sp³-hybridized carbons (Fsp3) is 0.900. The quantitative estimate of drug-likeness (QED) is 0.751. The predicted octanol–water partition coefficient (Wildman–Crippen LogP) is 1.30. The Labute approximate surface area is 103 Å². The van der Waals surface area contributed by atoms with Crippen LogP contribution in [0.1, 0.15) is 46.0 Å². The molecule has 0 unspecified atom stereocenters. The van der Waals surface area contributed by atoms with E-state index in [4.69, 9.17) is 18.0 Å². The smallest absolute Gasteiger partial charge is 0.215 e. The van der Waals surface area contributed by atoms with Crippen molar-refractivity contribution < 1.29 is 8.42 Å². The molecule has 0 bridgehead atoms. The normalized spacial score (nSPS) is 19.6. The molecule has 0 spiro atoms. The van der Waals surface area contributed by atoms with Crippen LogP contribution in [-0.2, 0) is 10.0 Å². The molecule has 0 amide bonds. The molecule has 1 saturated carbocycles. The van der Waals surface area contributed by atoms with E-state index in [1.165, 1.54) is 0 Å². The number of thiocarbonyl (C=S) groups is 1. The molecular weight excluding hydrogens is 244 g/mol. The van der Waals surface area contributed by atoms with Gasteiger partial charge in [0, 0.05) is 0 Å². The van der Waals surface area contributed by atoms with Crippen molar-refractivity contribution >= 4 is 27.2 Å². The molecule has 0 radical (unpaired) electrons. The Bertz CT molecular complexity index is 357. The van der Waals surface area contributed by atoms with Crippen LogP contribution in [0.5, 0.6) is 0 Å². The van der Waals surface area contributed by atoms with Crippen molar-refractivity contribution in [3.63, 3.8) is 0 Å². The van der Waals surface area contributed by atoms with E-state index in [0.29, 0.717) is 0 Å². The first-order chi connectivity index (χ1) is 7.26. The minimum atomic E-state index is -3.30. The van der Waals surface area contributed by atoms with Crippen molar-refractivity contribution in [1.29, 1.82) is 0 Å². The molecule has 1 fully saturated rings. The van der Waals surface area contributed by atoms with Crippen molar-refractivity contribution in [3.8, 4) is 0 Å². The minimum absolute atomic E-state index is 0.173. The second-order valence-corrected chi connectivity index (χ2v) is 7.30. The SMILES string of the molecule is CC(C)(NS(=O)(=O)C1CCCCC1)C(N)=S. The summed E-state index contributed by atoms with van der Waals surface area (Å²) in [6, 6.07) is 0. The molecule has 0 heterocycles. The molecule has 3 N–H and O–H groups in total. The second kappa shape index (κ2) is 4.98. The number of sulfonamides is 1. The minimum Gasteiger partial charge on any atom is -0.392 e. The van der Waals surface area contributed by atoms with Crippen LogP contribution in [0.15, 0.2) is 0 Å². The summed E-state index contributed by atoms with van der Waals surface area (Å²) in [6.07, 6.45) is 4.58. The lowest BCUT2D eigenvalue weighted by Crippen LogP contribution is -2.54. The van der Waals surface area contributed by atoms with Gasteiger partial charge >= 0.3 is 0 Å². The third kappa shape index (κ3) is 3.40. The molecule has 0 aromatic heterocycles.